The van der Waals surface area contributed by atoms with Crippen molar-refractivity contribution >= 4 is 44.7 Å². The zero-order valence-corrected chi connectivity index (χ0v) is 13.4. The molecule has 3 aromatic rings. The van der Waals surface area contributed by atoms with Crippen molar-refractivity contribution < 1.29 is 4.92 Å². The molecule has 10 heteroatoms. The van der Waals surface area contributed by atoms with Crippen LogP contribution < -0.4 is 0 Å². The van der Waals surface area contributed by atoms with Crippen LogP contribution in [0.1, 0.15) is 0 Å². The summed E-state index contributed by atoms with van der Waals surface area (Å²) in [5, 5.41) is 20.5. The van der Waals surface area contributed by atoms with Crippen LogP contribution >= 0.6 is 39.0 Å². The lowest BCUT2D eigenvalue weighted by Crippen LogP contribution is -1.93. The van der Waals surface area contributed by atoms with Crippen LogP contribution in [-0.2, 0) is 0 Å². The maximum Gasteiger partial charge on any atom is 0.302 e. The van der Waals surface area contributed by atoms with Gasteiger partial charge in [-0.05, 0) is 39.1 Å². The number of nitrogens with one attached hydrogen (secondary N) is 1. The van der Waals surface area contributed by atoms with E-state index < -0.39 is 4.92 Å². The van der Waals surface area contributed by atoms with Crippen LogP contribution in [0.2, 0.25) is 0 Å². The third-order valence-corrected chi connectivity index (χ3v) is 4.59. The zero-order valence-electron chi connectivity index (χ0n) is 10.2. The molecule has 106 valence electrons. The first-order valence-electron chi connectivity index (χ1n) is 5.57. The molecular formula is C11H6BrN5O2S2. The number of H-pyrrole nitrogens is 1. The van der Waals surface area contributed by atoms with E-state index in [9.17, 15) is 10.1 Å². The van der Waals surface area contributed by atoms with Crippen LogP contribution in [-0.4, -0.2) is 25.1 Å². The molecule has 1 N–H and O–H groups in total. The summed E-state index contributed by atoms with van der Waals surface area (Å²) < 4.78 is 0.549. The molecule has 3 rings (SSSR count). The molecular weight excluding hydrogens is 378 g/mol. The number of rotatable bonds is 4. The zero-order chi connectivity index (χ0) is 14.8. The van der Waals surface area contributed by atoms with Crippen molar-refractivity contribution in [3.63, 3.8) is 0 Å². The van der Waals surface area contributed by atoms with E-state index in [2.05, 4.69) is 36.1 Å². The van der Waals surface area contributed by atoms with Gasteiger partial charge in [0.25, 0.3) is 0 Å². The molecule has 3 heterocycles. The van der Waals surface area contributed by atoms with Gasteiger partial charge < -0.3 is 0 Å². The Kier molecular flexibility index (Phi) is 3.99. The minimum Gasteiger partial charge on any atom is -0.258 e. The third kappa shape index (κ3) is 3.12. The summed E-state index contributed by atoms with van der Waals surface area (Å²) in [7, 11) is 0. The van der Waals surface area contributed by atoms with Gasteiger partial charge in [0.05, 0.1) is 9.80 Å². The molecule has 0 spiro atoms. The molecule has 0 amide bonds. The Bertz CT molecular complexity index is 790. The molecule has 0 aromatic carbocycles. The van der Waals surface area contributed by atoms with Crippen molar-refractivity contribution in [3.8, 4) is 10.7 Å². The van der Waals surface area contributed by atoms with Crippen molar-refractivity contribution in [2.45, 2.75) is 10.2 Å². The highest BCUT2D eigenvalue weighted by Gasteiger charge is 2.19. The van der Waals surface area contributed by atoms with E-state index in [4.69, 9.17) is 0 Å². The molecule has 0 radical (unpaired) electrons. The first-order chi connectivity index (χ1) is 10.1. The summed E-state index contributed by atoms with van der Waals surface area (Å²) in [6, 6.07) is 5.23. The van der Waals surface area contributed by atoms with Crippen LogP contribution in [0.25, 0.3) is 10.7 Å². The lowest BCUT2D eigenvalue weighted by molar-refractivity contribution is -0.388. The molecule has 3 aromatic heterocycles. The second kappa shape index (κ2) is 5.92. The number of aromatic amines is 1. The highest BCUT2D eigenvalue weighted by atomic mass is 79.9. The predicted octanol–water partition coefficient (Wildman–Crippen LogP) is 3.75. The Morgan fingerprint density at radius 3 is 3.05 bits per heavy atom. The molecule has 0 aliphatic carbocycles. The van der Waals surface area contributed by atoms with Crippen molar-refractivity contribution in [3.05, 3.63) is 44.4 Å². The van der Waals surface area contributed by atoms with Crippen LogP contribution in [0.4, 0.5) is 5.69 Å². The van der Waals surface area contributed by atoms with Crippen molar-refractivity contribution in [1.82, 2.24) is 20.2 Å². The fourth-order valence-corrected chi connectivity index (χ4v) is 3.26. The van der Waals surface area contributed by atoms with Gasteiger partial charge in [-0.15, -0.1) is 16.4 Å². The number of thiophene rings is 1. The van der Waals surface area contributed by atoms with E-state index in [-0.39, 0.29) is 10.7 Å². The normalized spacial score (nSPS) is 10.7. The van der Waals surface area contributed by atoms with E-state index in [0.717, 1.165) is 16.6 Å². The molecule has 0 bridgehead atoms. The Hall–Kier alpha value is -1.78. The number of aromatic nitrogens is 4. The number of hydrogen-bond acceptors (Lipinski definition) is 7. The van der Waals surface area contributed by atoms with Crippen molar-refractivity contribution in [1.29, 1.82) is 0 Å². The summed E-state index contributed by atoms with van der Waals surface area (Å²) in [6.45, 7) is 0. The lowest BCUT2D eigenvalue weighted by Gasteiger charge is -1.99. The topological polar surface area (TPSA) is 97.6 Å². The van der Waals surface area contributed by atoms with Gasteiger partial charge in [0, 0.05) is 16.7 Å². The summed E-state index contributed by atoms with van der Waals surface area (Å²) in [5.41, 5.74) is -0.0863. The summed E-state index contributed by atoms with van der Waals surface area (Å²) in [4.78, 5) is 19.9. The van der Waals surface area contributed by atoms with Crippen LogP contribution in [0, 0.1) is 10.1 Å². The predicted molar refractivity (Wildman–Crippen MR) is 82.4 cm³/mol. The number of hydrogen-bond donors (Lipinski definition) is 1. The smallest absolute Gasteiger partial charge is 0.258 e. The average Bonchev–Trinajstić information content (AvgIpc) is 3.11. The van der Waals surface area contributed by atoms with E-state index in [1.807, 2.05) is 17.5 Å². The van der Waals surface area contributed by atoms with E-state index in [1.54, 1.807) is 0 Å². The lowest BCUT2D eigenvalue weighted by atomic mass is 10.4. The molecule has 0 aliphatic rings. The largest absolute Gasteiger partial charge is 0.302 e. The number of halogens is 1. The molecule has 0 fully saturated rings. The van der Waals surface area contributed by atoms with E-state index in [0.29, 0.717) is 15.5 Å². The SMILES string of the molecule is O=[N+]([O-])c1cc(Br)cnc1Sc1n[nH]c(-c2cccs2)n1. The van der Waals surface area contributed by atoms with Gasteiger partial charge in [0.2, 0.25) is 5.16 Å². The third-order valence-electron chi connectivity index (χ3n) is 2.40. The quantitative estimate of drug-likeness (QED) is 0.544. The first kappa shape index (κ1) is 14.2. The Morgan fingerprint density at radius 2 is 2.33 bits per heavy atom. The Morgan fingerprint density at radius 1 is 1.48 bits per heavy atom. The molecule has 0 saturated heterocycles. The second-order valence-corrected chi connectivity index (χ2v) is 6.60. The van der Waals surface area contributed by atoms with Gasteiger partial charge in [-0.3, -0.25) is 15.2 Å². The minimum atomic E-state index is -0.479. The summed E-state index contributed by atoms with van der Waals surface area (Å²) in [6.07, 6.45) is 1.50. The fourth-order valence-electron chi connectivity index (χ4n) is 1.53. The first-order valence-corrected chi connectivity index (χ1v) is 8.06. The highest BCUT2D eigenvalue weighted by molar-refractivity contribution is 9.10. The van der Waals surface area contributed by atoms with Crippen LogP contribution in [0.5, 0.6) is 0 Å². The van der Waals surface area contributed by atoms with Gasteiger partial charge in [0.15, 0.2) is 10.9 Å². The molecule has 0 aliphatic heterocycles. The van der Waals surface area contributed by atoms with Gasteiger partial charge in [-0.25, -0.2) is 9.97 Å². The highest BCUT2D eigenvalue weighted by Crippen LogP contribution is 2.33. The Balaban J connectivity index is 1.89. The molecule has 0 unspecified atom stereocenters. The summed E-state index contributed by atoms with van der Waals surface area (Å²) >= 11 is 5.75. The molecule has 21 heavy (non-hydrogen) atoms. The van der Waals surface area contributed by atoms with Gasteiger partial charge >= 0.3 is 5.69 Å². The van der Waals surface area contributed by atoms with Gasteiger partial charge in [0.1, 0.15) is 0 Å². The monoisotopic (exact) mass is 383 g/mol. The molecule has 0 atom stereocenters. The maximum absolute atomic E-state index is 11.0. The number of nitro groups is 1. The second-order valence-electron chi connectivity index (χ2n) is 3.78. The Labute approximate surface area is 135 Å². The van der Waals surface area contributed by atoms with E-state index >= 15 is 0 Å². The average molecular weight is 384 g/mol. The van der Waals surface area contributed by atoms with E-state index in [1.165, 1.54) is 23.6 Å². The molecule has 7 nitrogen and oxygen atoms in total. The van der Waals surface area contributed by atoms with Gasteiger partial charge in [-0.1, -0.05) is 6.07 Å². The number of pyridine rings is 1. The van der Waals surface area contributed by atoms with Crippen LogP contribution in [0.15, 0.2) is 44.4 Å². The van der Waals surface area contributed by atoms with Crippen molar-refractivity contribution in [2.24, 2.45) is 0 Å². The minimum absolute atomic E-state index is 0.0863. The standard InChI is InChI=1S/C11H6BrN5O2S2/c12-6-4-7(17(18)19)10(13-5-6)21-11-14-9(15-16-11)8-2-1-3-20-8/h1-5H,(H,14,15,16). The maximum atomic E-state index is 11.0. The van der Waals surface area contributed by atoms with Gasteiger partial charge in [-0.2, -0.15) is 0 Å². The molecule has 0 saturated carbocycles. The van der Waals surface area contributed by atoms with Crippen LogP contribution in [0.3, 0.4) is 0 Å². The van der Waals surface area contributed by atoms with Crippen molar-refractivity contribution in [2.75, 3.05) is 0 Å². The fraction of sp³-hybridized carbons (Fsp3) is 0. The summed E-state index contributed by atoms with van der Waals surface area (Å²) in [5.74, 6) is 0.632. The number of nitrogens with zero attached hydrogens (tertiary/aromatic N) is 4.